The fourth-order valence-electron chi connectivity index (χ4n) is 5.21. The van der Waals surface area contributed by atoms with Crippen molar-refractivity contribution in [3.63, 3.8) is 0 Å². The standard InChI is InChI=1S/C28H28F6N4O3/c1-16(39)18(10-12-27(29,30)31)19(11-13-28(32,33)34)25(40)37-24-26(41)38-15-14-35-21-9-5-8-20(23(21)38)22(36-24)17-6-3-2-4-7-17/h2-9,18-19,24,35H,10-15H2,1H3,(H,37,40)/t18-,19-,24-/m1/s1. The number of carbonyl (C=O) groups excluding carboxylic acids is 3. The third-order valence-electron chi connectivity index (χ3n) is 7.12. The number of alkyl halides is 6. The van der Waals surface area contributed by atoms with Crippen LogP contribution in [0, 0.1) is 11.8 Å². The van der Waals surface area contributed by atoms with Crippen LogP contribution >= 0.6 is 0 Å². The number of hydrogen-bond acceptors (Lipinski definition) is 5. The molecule has 0 radical (unpaired) electrons. The number of Topliss-reactive ketones (excluding diaryl/α,β-unsaturated/α-hetero) is 1. The highest BCUT2D eigenvalue weighted by Crippen LogP contribution is 2.37. The molecular weight excluding hydrogens is 554 g/mol. The molecule has 0 saturated carbocycles. The van der Waals surface area contributed by atoms with Gasteiger partial charge in [0.05, 0.1) is 17.1 Å². The summed E-state index contributed by atoms with van der Waals surface area (Å²) in [6.07, 6.45) is -15.7. The SMILES string of the molecule is CC(=O)[C@@H](CCC(F)(F)F)[C@@H](CCC(F)(F)F)C(=O)N[C@H]1N=C(c2ccccc2)c2cccc3c2N(CCN3)C1=O. The summed E-state index contributed by atoms with van der Waals surface area (Å²) >= 11 is 0. The number of hydrogen-bond donors (Lipinski definition) is 2. The minimum atomic E-state index is -4.72. The minimum Gasteiger partial charge on any atom is -0.382 e. The van der Waals surface area contributed by atoms with Crippen LogP contribution in [0.3, 0.4) is 0 Å². The molecule has 0 saturated heterocycles. The number of halogens is 6. The number of rotatable bonds is 9. The molecule has 2 aliphatic heterocycles. The Labute approximate surface area is 232 Å². The molecule has 2 N–H and O–H groups in total. The highest BCUT2D eigenvalue weighted by atomic mass is 19.4. The maximum Gasteiger partial charge on any atom is 0.389 e. The first-order valence-electron chi connectivity index (χ1n) is 13.0. The lowest BCUT2D eigenvalue weighted by Crippen LogP contribution is -2.52. The van der Waals surface area contributed by atoms with Crippen molar-refractivity contribution in [2.75, 3.05) is 23.3 Å². The number of nitrogens with one attached hydrogen (secondary N) is 2. The summed E-state index contributed by atoms with van der Waals surface area (Å²) < 4.78 is 78.4. The van der Waals surface area contributed by atoms with Gasteiger partial charge in [-0.2, -0.15) is 26.3 Å². The van der Waals surface area contributed by atoms with Crippen LogP contribution in [0.5, 0.6) is 0 Å². The van der Waals surface area contributed by atoms with Gasteiger partial charge in [0, 0.05) is 48.9 Å². The first-order chi connectivity index (χ1) is 19.2. The van der Waals surface area contributed by atoms with Crippen LogP contribution in [-0.2, 0) is 14.4 Å². The Balaban J connectivity index is 1.73. The Kier molecular flexibility index (Phi) is 8.74. The van der Waals surface area contributed by atoms with Gasteiger partial charge >= 0.3 is 12.4 Å². The Hall–Kier alpha value is -3.90. The Morgan fingerprint density at radius 3 is 2.22 bits per heavy atom. The second-order valence-corrected chi connectivity index (χ2v) is 10.0. The van der Waals surface area contributed by atoms with Crippen molar-refractivity contribution in [3.8, 4) is 0 Å². The van der Waals surface area contributed by atoms with Gasteiger partial charge in [-0.3, -0.25) is 14.4 Å². The van der Waals surface area contributed by atoms with E-state index in [0.29, 0.717) is 34.8 Å². The Morgan fingerprint density at radius 2 is 1.61 bits per heavy atom. The van der Waals surface area contributed by atoms with E-state index in [2.05, 4.69) is 15.6 Å². The fourth-order valence-corrected chi connectivity index (χ4v) is 5.21. The summed E-state index contributed by atoms with van der Waals surface area (Å²) in [5, 5.41) is 5.59. The molecule has 2 heterocycles. The van der Waals surface area contributed by atoms with E-state index in [-0.39, 0.29) is 6.54 Å². The van der Waals surface area contributed by atoms with Crippen molar-refractivity contribution in [2.24, 2.45) is 16.8 Å². The van der Waals surface area contributed by atoms with Crippen LogP contribution < -0.4 is 15.5 Å². The van der Waals surface area contributed by atoms with Crippen molar-refractivity contribution in [1.82, 2.24) is 5.32 Å². The number of carbonyl (C=O) groups is 3. The van der Waals surface area contributed by atoms with Gasteiger partial charge in [0.15, 0.2) is 0 Å². The van der Waals surface area contributed by atoms with Gasteiger partial charge < -0.3 is 15.5 Å². The lowest BCUT2D eigenvalue weighted by molar-refractivity contribution is -0.152. The van der Waals surface area contributed by atoms with Gasteiger partial charge in [-0.25, -0.2) is 4.99 Å². The van der Waals surface area contributed by atoms with Gasteiger partial charge in [0.1, 0.15) is 5.78 Å². The number of benzene rings is 2. The molecule has 2 amide bonds. The molecule has 7 nitrogen and oxygen atoms in total. The topological polar surface area (TPSA) is 90.9 Å². The molecule has 4 rings (SSSR count). The quantitative estimate of drug-likeness (QED) is 0.396. The van der Waals surface area contributed by atoms with Crippen LogP contribution in [0.15, 0.2) is 53.5 Å². The number of nitrogens with zero attached hydrogens (tertiary/aromatic N) is 2. The first kappa shape index (κ1) is 30.1. The molecule has 0 unspecified atom stereocenters. The molecule has 220 valence electrons. The molecule has 13 heteroatoms. The molecule has 0 aromatic heterocycles. The van der Waals surface area contributed by atoms with E-state index in [1.807, 2.05) is 0 Å². The molecule has 0 spiro atoms. The highest BCUT2D eigenvalue weighted by Gasteiger charge is 2.41. The molecule has 0 bridgehead atoms. The predicted molar refractivity (Wildman–Crippen MR) is 140 cm³/mol. The van der Waals surface area contributed by atoms with E-state index in [1.54, 1.807) is 48.5 Å². The summed E-state index contributed by atoms with van der Waals surface area (Å²) in [6.45, 7) is 1.52. The first-order valence-corrected chi connectivity index (χ1v) is 13.0. The van der Waals surface area contributed by atoms with Gasteiger partial charge in [-0.15, -0.1) is 0 Å². The maximum absolute atomic E-state index is 13.7. The van der Waals surface area contributed by atoms with Gasteiger partial charge in [-0.05, 0) is 25.8 Å². The normalized spacial score (nSPS) is 18.4. The third-order valence-corrected chi connectivity index (χ3v) is 7.12. The number of ketones is 1. The molecular formula is C28H28F6N4O3. The molecule has 2 aromatic rings. The van der Waals surface area contributed by atoms with Gasteiger partial charge in [0.2, 0.25) is 12.1 Å². The predicted octanol–water partition coefficient (Wildman–Crippen LogP) is 5.24. The number of amides is 2. The van der Waals surface area contributed by atoms with Crippen molar-refractivity contribution in [3.05, 3.63) is 59.7 Å². The molecule has 2 aromatic carbocycles. The van der Waals surface area contributed by atoms with Crippen LogP contribution in [-0.4, -0.2) is 54.9 Å². The van der Waals surface area contributed by atoms with Crippen molar-refractivity contribution in [1.29, 1.82) is 0 Å². The van der Waals surface area contributed by atoms with Gasteiger partial charge in [-0.1, -0.05) is 42.5 Å². The van der Waals surface area contributed by atoms with Crippen molar-refractivity contribution < 1.29 is 40.7 Å². The zero-order valence-corrected chi connectivity index (χ0v) is 22.0. The lowest BCUT2D eigenvalue weighted by atomic mass is 9.81. The number of aliphatic imine (C=N–C) groups is 1. The number of para-hydroxylation sites is 1. The smallest absolute Gasteiger partial charge is 0.382 e. The van der Waals surface area contributed by atoms with Crippen LogP contribution in [0.4, 0.5) is 37.7 Å². The highest BCUT2D eigenvalue weighted by molar-refractivity contribution is 6.22. The number of anilines is 2. The summed E-state index contributed by atoms with van der Waals surface area (Å²) in [4.78, 5) is 45.5. The summed E-state index contributed by atoms with van der Waals surface area (Å²) in [6, 6.07) is 14.0. The van der Waals surface area contributed by atoms with Crippen LogP contribution in [0.2, 0.25) is 0 Å². The summed E-state index contributed by atoms with van der Waals surface area (Å²) in [5.41, 5.74) is 2.67. The van der Waals surface area contributed by atoms with E-state index in [9.17, 15) is 40.7 Å². The third kappa shape index (κ3) is 7.25. The van der Waals surface area contributed by atoms with E-state index in [0.717, 1.165) is 6.92 Å². The second kappa shape index (κ2) is 11.9. The Bertz CT molecular complexity index is 1330. The average Bonchev–Trinajstić information content (AvgIpc) is 3.01. The maximum atomic E-state index is 13.7. The van der Waals surface area contributed by atoms with Crippen molar-refractivity contribution in [2.45, 2.75) is 51.1 Å². The zero-order chi connectivity index (χ0) is 29.9. The van der Waals surface area contributed by atoms with E-state index in [1.165, 1.54) is 4.90 Å². The molecule has 3 atom stereocenters. The average molecular weight is 583 g/mol. The van der Waals surface area contributed by atoms with Crippen LogP contribution in [0.25, 0.3) is 0 Å². The largest absolute Gasteiger partial charge is 0.389 e. The second-order valence-electron chi connectivity index (χ2n) is 10.0. The summed E-state index contributed by atoms with van der Waals surface area (Å²) in [5.74, 6) is -6.06. The van der Waals surface area contributed by atoms with E-state index >= 15 is 0 Å². The zero-order valence-electron chi connectivity index (χ0n) is 22.0. The molecule has 0 fully saturated rings. The fraction of sp³-hybridized carbons (Fsp3) is 0.429. The molecule has 0 aliphatic carbocycles. The Morgan fingerprint density at radius 1 is 0.976 bits per heavy atom. The lowest BCUT2D eigenvalue weighted by Gasteiger charge is -2.32. The minimum absolute atomic E-state index is 0.200. The van der Waals surface area contributed by atoms with E-state index < -0.39 is 73.6 Å². The van der Waals surface area contributed by atoms with Crippen molar-refractivity contribution >= 4 is 34.7 Å². The van der Waals surface area contributed by atoms with Crippen LogP contribution in [0.1, 0.15) is 43.7 Å². The van der Waals surface area contributed by atoms with Gasteiger partial charge in [0.25, 0.3) is 5.91 Å². The summed E-state index contributed by atoms with van der Waals surface area (Å²) in [7, 11) is 0. The molecule has 41 heavy (non-hydrogen) atoms. The monoisotopic (exact) mass is 582 g/mol. The van der Waals surface area contributed by atoms with E-state index in [4.69, 9.17) is 0 Å². The molecule has 2 aliphatic rings.